The van der Waals surface area contributed by atoms with Crippen LogP contribution in [0.15, 0.2) is 30.5 Å². The summed E-state index contributed by atoms with van der Waals surface area (Å²) >= 11 is 12.0. The van der Waals surface area contributed by atoms with Crippen LogP contribution in [0.5, 0.6) is 5.75 Å². The summed E-state index contributed by atoms with van der Waals surface area (Å²) in [5.41, 5.74) is 0. The molecule has 0 amide bonds. The summed E-state index contributed by atoms with van der Waals surface area (Å²) < 4.78 is 6.05. The number of benzene rings is 1. The van der Waals surface area contributed by atoms with Crippen molar-refractivity contribution in [2.24, 2.45) is 0 Å². The van der Waals surface area contributed by atoms with Gasteiger partial charge in [0.25, 0.3) is 0 Å². The Balaban J connectivity index is 1.17. The van der Waals surface area contributed by atoms with Gasteiger partial charge in [0.05, 0.1) is 10.0 Å². The second-order valence-corrected chi connectivity index (χ2v) is 8.16. The molecule has 150 valence electrons. The van der Waals surface area contributed by atoms with Gasteiger partial charge in [-0.3, -0.25) is 0 Å². The van der Waals surface area contributed by atoms with Crippen molar-refractivity contribution in [1.82, 2.24) is 14.9 Å². The predicted molar refractivity (Wildman–Crippen MR) is 114 cm³/mol. The minimum atomic E-state index is 0.218. The van der Waals surface area contributed by atoms with E-state index in [-0.39, 0.29) is 6.10 Å². The number of aromatic nitrogens is 2. The number of rotatable bonds is 8. The molecule has 1 saturated heterocycles. The molecule has 0 atom stereocenters. The van der Waals surface area contributed by atoms with Crippen LogP contribution >= 0.6 is 23.2 Å². The quantitative estimate of drug-likeness (QED) is 0.661. The fourth-order valence-electron chi connectivity index (χ4n) is 3.28. The number of hydrogen-bond acceptors (Lipinski definition) is 6. The van der Waals surface area contributed by atoms with Crippen molar-refractivity contribution in [2.75, 3.05) is 36.8 Å². The Morgan fingerprint density at radius 2 is 1.89 bits per heavy atom. The molecule has 2 fully saturated rings. The van der Waals surface area contributed by atoms with Crippen LogP contribution in [-0.2, 0) is 0 Å². The first kappa shape index (κ1) is 19.6. The highest BCUT2D eigenvalue weighted by Crippen LogP contribution is 2.28. The smallest absolute Gasteiger partial charge is 0.224 e. The van der Waals surface area contributed by atoms with Gasteiger partial charge in [0.2, 0.25) is 5.95 Å². The summed E-state index contributed by atoms with van der Waals surface area (Å²) in [6.07, 6.45) is 6.48. The number of hydrogen-bond donors (Lipinski definition) is 2. The topological polar surface area (TPSA) is 62.3 Å². The van der Waals surface area contributed by atoms with Gasteiger partial charge in [0, 0.05) is 44.5 Å². The highest BCUT2D eigenvalue weighted by atomic mass is 35.5. The van der Waals surface area contributed by atoms with Crippen molar-refractivity contribution in [1.29, 1.82) is 0 Å². The van der Waals surface area contributed by atoms with E-state index in [0.29, 0.717) is 22.0 Å². The second kappa shape index (κ2) is 9.16. The molecule has 6 nitrogen and oxygen atoms in total. The molecule has 28 heavy (non-hydrogen) atoms. The van der Waals surface area contributed by atoms with Gasteiger partial charge in [-0.15, -0.1) is 0 Å². The van der Waals surface area contributed by atoms with Crippen LogP contribution in [0.25, 0.3) is 0 Å². The number of nitrogens with zero attached hydrogens (tertiary/aromatic N) is 3. The first-order valence-electron chi connectivity index (χ1n) is 9.83. The van der Waals surface area contributed by atoms with E-state index in [9.17, 15) is 0 Å². The Morgan fingerprint density at radius 1 is 1.07 bits per heavy atom. The third-order valence-electron chi connectivity index (χ3n) is 5.02. The van der Waals surface area contributed by atoms with E-state index in [4.69, 9.17) is 27.9 Å². The van der Waals surface area contributed by atoms with E-state index in [1.165, 1.54) is 12.8 Å². The molecule has 1 saturated carbocycles. The van der Waals surface area contributed by atoms with Crippen molar-refractivity contribution >= 4 is 35.0 Å². The summed E-state index contributed by atoms with van der Waals surface area (Å²) in [4.78, 5) is 11.3. The maximum Gasteiger partial charge on any atom is 0.224 e. The summed E-state index contributed by atoms with van der Waals surface area (Å²) in [6.45, 7) is 3.81. The molecule has 2 heterocycles. The first-order chi connectivity index (χ1) is 13.7. The second-order valence-electron chi connectivity index (χ2n) is 7.35. The fourth-order valence-corrected chi connectivity index (χ4v) is 3.57. The number of piperidine rings is 1. The standard InChI is InChI=1S/C20H25Cl2N5O/c21-17-4-3-16(13-18(17)22)28-15-6-10-27(11-7-15)12-9-24-20-23-8-5-19(26-20)25-14-1-2-14/h3-5,8,13-15H,1-2,6-7,9-12H2,(H2,23,24,25,26). The molecule has 0 bridgehead atoms. The van der Waals surface area contributed by atoms with E-state index in [0.717, 1.165) is 50.6 Å². The summed E-state index contributed by atoms with van der Waals surface area (Å²) in [5, 5.41) is 7.80. The fraction of sp³-hybridized carbons (Fsp3) is 0.500. The summed E-state index contributed by atoms with van der Waals surface area (Å²) in [7, 11) is 0. The van der Waals surface area contributed by atoms with Crippen molar-refractivity contribution in [3.8, 4) is 5.75 Å². The van der Waals surface area contributed by atoms with Crippen molar-refractivity contribution in [3.63, 3.8) is 0 Å². The van der Waals surface area contributed by atoms with Gasteiger partial charge in [0.15, 0.2) is 0 Å². The molecule has 2 aromatic rings. The Bertz CT molecular complexity index is 794. The SMILES string of the molecule is Clc1ccc(OC2CCN(CCNc3nccc(NC4CC4)n3)CC2)cc1Cl. The van der Waals surface area contributed by atoms with E-state index < -0.39 is 0 Å². The Hall–Kier alpha value is -1.76. The number of nitrogens with one attached hydrogen (secondary N) is 2. The molecule has 1 aliphatic carbocycles. The first-order valence-corrected chi connectivity index (χ1v) is 10.6. The Morgan fingerprint density at radius 3 is 2.64 bits per heavy atom. The van der Waals surface area contributed by atoms with Crippen LogP contribution in [0.1, 0.15) is 25.7 Å². The van der Waals surface area contributed by atoms with Crippen molar-refractivity contribution < 1.29 is 4.74 Å². The molecular formula is C20H25Cl2N5O. The molecular weight excluding hydrogens is 397 g/mol. The monoisotopic (exact) mass is 421 g/mol. The molecule has 1 aromatic carbocycles. The van der Waals surface area contributed by atoms with Gasteiger partial charge in [-0.05, 0) is 43.9 Å². The molecule has 2 aliphatic rings. The third kappa shape index (κ3) is 5.63. The zero-order valence-corrected chi connectivity index (χ0v) is 17.2. The van der Waals surface area contributed by atoms with Crippen LogP contribution < -0.4 is 15.4 Å². The molecule has 8 heteroatoms. The minimum absolute atomic E-state index is 0.218. The van der Waals surface area contributed by atoms with Crippen LogP contribution in [0.2, 0.25) is 10.0 Å². The van der Waals surface area contributed by atoms with E-state index >= 15 is 0 Å². The van der Waals surface area contributed by atoms with Gasteiger partial charge in [-0.2, -0.15) is 4.98 Å². The molecule has 0 radical (unpaired) electrons. The van der Waals surface area contributed by atoms with E-state index in [1.807, 2.05) is 12.1 Å². The highest BCUT2D eigenvalue weighted by molar-refractivity contribution is 6.42. The molecule has 0 unspecified atom stereocenters. The zero-order chi connectivity index (χ0) is 19.3. The number of likely N-dealkylation sites (tertiary alicyclic amines) is 1. The summed E-state index contributed by atoms with van der Waals surface area (Å²) in [6, 6.07) is 7.94. The van der Waals surface area contributed by atoms with Gasteiger partial charge in [-0.1, -0.05) is 23.2 Å². The predicted octanol–water partition coefficient (Wildman–Crippen LogP) is 4.31. The largest absolute Gasteiger partial charge is 0.490 e. The van der Waals surface area contributed by atoms with E-state index in [1.54, 1.807) is 18.3 Å². The van der Waals surface area contributed by atoms with Crippen LogP contribution in [-0.4, -0.2) is 53.2 Å². The van der Waals surface area contributed by atoms with Crippen molar-refractivity contribution in [3.05, 3.63) is 40.5 Å². The Kier molecular flexibility index (Phi) is 6.40. The number of anilines is 2. The lowest BCUT2D eigenvalue weighted by Gasteiger charge is -2.32. The van der Waals surface area contributed by atoms with Crippen molar-refractivity contribution in [2.45, 2.75) is 37.8 Å². The molecule has 4 rings (SSSR count). The lowest BCUT2D eigenvalue weighted by Crippen LogP contribution is -2.40. The van der Waals surface area contributed by atoms with Crippen LogP contribution in [0, 0.1) is 0 Å². The zero-order valence-electron chi connectivity index (χ0n) is 15.7. The maximum atomic E-state index is 6.06. The lowest BCUT2D eigenvalue weighted by molar-refractivity contribution is 0.103. The average Bonchev–Trinajstić information content (AvgIpc) is 3.50. The van der Waals surface area contributed by atoms with Crippen LogP contribution in [0.4, 0.5) is 11.8 Å². The van der Waals surface area contributed by atoms with Crippen LogP contribution in [0.3, 0.4) is 0 Å². The number of halogens is 2. The maximum absolute atomic E-state index is 6.06. The van der Waals surface area contributed by atoms with Gasteiger partial charge >= 0.3 is 0 Å². The normalized spacial score (nSPS) is 18.1. The molecule has 0 spiro atoms. The van der Waals surface area contributed by atoms with Gasteiger partial charge in [0.1, 0.15) is 17.7 Å². The third-order valence-corrected chi connectivity index (χ3v) is 5.76. The molecule has 2 N–H and O–H groups in total. The molecule has 1 aliphatic heterocycles. The summed E-state index contributed by atoms with van der Waals surface area (Å²) in [5.74, 6) is 2.37. The van der Waals surface area contributed by atoms with Gasteiger partial charge in [-0.25, -0.2) is 4.98 Å². The molecule has 1 aromatic heterocycles. The highest BCUT2D eigenvalue weighted by Gasteiger charge is 2.22. The lowest BCUT2D eigenvalue weighted by atomic mass is 10.1. The average molecular weight is 422 g/mol. The van der Waals surface area contributed by atoms with E-state index in [2.05, 4.69) is 25.5 Å². The number of ether oxygens (including phenoxy) is 1. The van der Waals surface area contributed by atoms with Gasteiger partial charge < -0.3 is 20.3 Å². The minimum Gasteiger partial charge on any atom is -0.490 e. The Labute approximate surface area is 175 Å².